The zero-order valence-corrected chi connectivity index (χ0v) is 12.6. The van der Waals surface area contributed by atoms with Crippen molar-refractivity contribution in [2.75, 3.05) is 12.3 Å². The van der Waals surface area contributed by atoms with Crippen LogP contribution in [0, 0.1) is 0 Å². The van der Waals surface area contributed by atoms with Gasteiger partial charge in [-0.3, -0.25) is 0 Å². The Labute approximate surface area is 109 Å². The number of hydrogen-bond donors (Lipinski definition) is 0. The Bertz CT molecular complexity index is 306. The fourth-order valence-corrected chi connectivity index (χ4v) is 4.68. The SMILES string of the molecule is CCCCc1ccccc1P(CC)CCCC. The topological polar surface area (TPSA) is 0 Å². The fourth-order valence-electron chi connectivity index (χ4n) is 2.20. The van der Waals surface area contributed by atoms with E-state index in [9.17, 15) is 0 Å². The minimum Gasteiger partial charge on any atom is -0.0753 e. The molecule has 0 bridgehead atoms. The molecule has 0 spiro atoms. The van der Waals surface area contributed by atoms with E-state index in [4.69, 9.17) is 0 Å². The highest BCUT2D eigenvalue weighted by Gasteiger charge is 2.11. The molecule has 0 saturated carbocycles. The summed E-state index contributed by atoms with van der Waals surface area (Å²) in [5.41, 5.74) is 1.62. The van der Waals surface area contributed by atoms with Crippen LogP contribution in [0.5, 0.6) is 0 Å². The van der Waals surface area contributed by atoms with Crippen LogP contribution in [0.25, 0.3) is 0 Å². The van der Waals surface area contributed by atoms with E-state index in [1.807, 2.05) is 0 Å². The van der Waals surface area contributed by atoms with Crippen molar-refractivity contribution in [3.8, 4) is 0 Å². The summed E-state index contributed by atoms with van der Waals surface area (Å²) in [5.74, 6) is 0. The maximum atomic E-state index is 2.38. The highest BCUT2D eigenvalue weighted by Crippen LogP contribution is 2.36. The molecular weight excluding hydrogens is 223 g/mol. The molecule has 0 aliphatic rings. The number of benzene rings is 1. The van der Waals surface area contributed by atoms with Crippen LogP contribution in [-0.2, 0) is 6.42 Å². The maximum absolute atomic E-state index is 2.38. The van der Waals surface area contributed by atoms with Gasteiger partial charge in [0.1, 0.15) is 0 Å². The maximum Gasteiger partial charge on any atom is -0.0209 e. The normalized spacial score (nSPS) is 12.6. The van der Waals surface area contributed by atoms with Gasteiger partial charge in [-0.2, -0.15) is 0 Å². The Balaban J connectivity index is 2.77. The molecule has 0 aliphatic heterocycles. The molecule has 0 fully saturated rings. The predicted molar refractivity (Wildman–Crippen MR) is 81.9 cm³/mol. The van der Waals surface area contributed by atoms with Gasteiger partial charge in [0.05, 0.1) is 0 Å². The van der Waals surface area contributed by atoms with Gasteiger partial charge in [0.25, 0.3) is 0 Å². The van der Waals surface area contributed by atoms with Gasteiger partial charge < -0.3 is 0 Å². The Morgan fingerprint density at radius 2 is 1.65 bits per heavy atom. The van der Waals surface area contributed by atoms with Crippen LogP contribution in [0.4, 0.5) is 0 Å². The average Bonchev–Trinajstić information content (AvgIpc) is 2.38. The Morgan fingerprint density at radius 1 is 0.941 bits per heavy atom. The van der Waals surface area contributed by atoms with Gasteiger partial charge in [0.15, 0.2) is 0 Å². The standard InChI is InChI=1S/C16H27P/c1-4-7-11-15-12-9-10-13-16(15)17(6-3)14-8-5-2/h9-10,12-13H,4-8,11,14H2,1-3H3. The molecule has 0 aliphatic carbocycles. The van der Waals surface area contributed by atoms with E-state index in [0.717, 1.165) is 0 Å². The molecule has 1 aromatic rings. The third kappa shape index (κ3) is 4.80. The van der Waals surface area contributed by atoms with Crippen molar-refractivity contribution in [3.05, 3.63) is 29.8 Å². The van der Waals surface area contributed by atoms with E-state index in [2.05, 4.69) is 45.0 Å². The van der Waals surface area contributed by atoms with Crippen LogP contribution < -0.4 is 5.30 Å². The summed E-state index contributed by atoms with van der Waals surface area (Å²) in [6, 6.07) is 9.16. The fraction of sp³-hybridized carbons (Fsp3) is 0.625. The Morgan fingerprint density at radius 3 is 2.29 bits per heavy atom. The van der Waals surface area contributed by atoms with Crippen LogP contribution >= 0.6 is 7.92 Å². The van der Waals surface area contributed by atoms with Crippen LogP contribution in [0.1, 0.15) is 52.0 Å². The van der Waals surface area contributed by atoms with Crippen molar-refractivity contribution >= 4 is 13.2 Å². The van der Waals surface area contributed by atoms with Gasteiger partial charge in [0.2, 0.25) is 0 Å². The molecule has 1 atom stereocenters. The van der Waals surface area contributed by atoms with Gasteiger partial charge in [-0.05, 0) is 42.5 Å². The first-order chi connectivity index (χ1) is 8.33. The molecule has 17 heavy (non-hydrogen) atoms. The minimum atomic E-state index is 0.103. The lowest BCUT2D eigenvalue weighted by atomic mass is 10.1. The average molecular weight is 250 g/mol. The number of aryl methyl sites for hydroxylation is 1. The van der Waals surface area contributed by atoms with E-state index < -0.39 is 0 Å². The molecule has 96 valence electrons. The van der Waals surface area contributed by atoms with E-state index in [0.29, 0.717) is 0 Å². The molecular formula is C16H27P. The Kier molecular flexibility index (Phi) is 7.53. The Hall–Kier alpha value is -0.350. The van der Waals surface area contributed by atoms with E-state index in [1.165, 1.54) is 44.4 Å². The van der Waals surface area contributed by atoms with E-state index in [-0.39, 0.29) is 7.92 Å². The van der Waals surface area contributed by atoms with Crippen LogP contribution in [0.2, 0.25) is 0 Å². The molecule has 0 N–H and O–H groups in total. The van der Waals surface area contributed by atoms with Crippen LogP contribution in [0.15, 0.2) is 24.3 Å². The van der Waals surface area contributed by atoms with Crippen molar-refractivity contribution in [3.63, 3.8) is 0 Å². The van der Waals surface area contributed by atoms with Gasteiger partial charge in [-0.25, -0.2) is 0 Å². The molecule has 1 aromatic carbocycles. The molecule has 0 aromatic heterocycles. The number of unbranched alkanes of at least 4 members (excludes halogenated alkanes) is 2. The second-order valence-electron chi connectivity index (χ2n) is 4.67. The molecule has 1 unspecified atom stereocenters. The predicted octanol–water partition coefficient (Wildman–Crippen LogP) is 4.96. The van der Waals surface area contributed by atoms with Crippen molar-refractivity contribution in [2.24, 2.45) is 0 Å². The monoisotopic (exact) mass is 250 g/mol. The lowest BCUT2D eigenvalue weighted by Crippen LogP contribution is -2.11. The molecule has 1 heteroatoms. The zero-order chi connectivity index (χ0) is 12.5. The molecule has 0 nitrogen and oxygen atoms in total. The summed E-state index contributed by atoms with van der Waals surface area (Å²) < 4.78 is 0. The van der Waals surface area contributed by atoms with Crippen molar-refractivity contribution in [1.29, 1.82) is 0 Å². The van der Waals surface area contributed by atoms with Crippen molar-refractivity contribution < 1.29 is 0 Å². The van der Waals surface area contributed by atoms with E-state index >= 15 is 0 Å². The first-order valence-corrected chi connectivity index (χ1v) is 8.87. The summed E-state index contributed by atoms with van der Waals surface area (Å²) in [6.07, 6.45) is 9.39. The summed E-state index contributed by atoms with van der Waals surface area (Å²) in [6.45, 7) is 6.94. The highest BCUT2D eigenvalue weighted by atomic mass is 31.1. The quantitative estimate of drug-likeness (QED) is 0.572. The molecule has 0 amide bonds. The van der Waals surface area contributed by atoms with Gasteiger partial charge in [-0.1, -0.05) is 65.8 Å². The van der Waals surface area contributed by atoms with Crippen LogP contribution in [-0.4, -0.2) is 12.3 Å². The van der Waals surface area contributed by atoms with Gasteiger partial charge in [-0.15, -0.1) is 0 Å². The smallest absolute Gasteiger partial charge is 0.0209 e. The minimum absolute atomic E-state index is 0.103. The molecule has 0 saturated heterocycles. The van der Waals surface area contributed by atoms with Gasteiger partial charge >= 0.3 is 0 Å². The molecule has 0 radical (unpaired) electrons. The van der Waals surface area contributed by atoms with Crippen molar-refractivity contribution in [1.82, 2.24) is 0 Å². The number of rotatable bonds is 8. The lowest BCUT2D eigenvalue weighted by Gasteiger charge is -2.19. The first-order valence-electron chi connectivity index (χ1n) is 7.16. The summed E-state index contributed by atoms with van der Waals surface area (Å²) in [5, 5.41) is 1.69. The second-order valence-corrected chi connectivity index (χ2v) is 7.31. The highest BCUT2D eigenvalue weighted by molar-refractivity contribution is 7.65. The molecule has 1 rings (SSSR count). The number of hydrogen-bond acceptors (Lipinski definition) is 0. The second kappa shape index (κ2) is 8.70. The largest absolute Gasteiger partial charge is 0.0753 e. The first kappa shape index (κ1) is 14.7. The summed E-state index contributed by atoms with van der Waals surface area (Å²) in [4.78, 5) is 0. The summed E-state index contributed by atoms with van der Waals surface area (Å²) >= 11 is 0. The van der Waals surface area contributed by atoms with E-state index in [1.54, 1.807) is 10.9 Å². The third-order valence-electron chi connectivity index (χ3n) is 3.30. The van der Waals surface area contributed by atoms with Crippen molar-refractivity contribution in [2.45, 2.75) is 52.9 Å². The third-order valence-corrected chi connectivity index (χ3v) is 6.03. The van der Waals surface area contributed by atoms with Gasteiger partial charge in [0, 0.05) is 0 Å². The molecule has 0 heterocycles. The zero-order valence-electron chi connectivity index (χ0n) is 11.7. The van der Waals surface area contributed by atoms with Crippen LogP contribution in [0.3, 0.4) is 0 Å². The summed E-state index contributed by atoms with van der Waals surface area (Å²) in [7, 11) is 0.103. The lowest BCUT2D eigenvalue weighted by molar-refractivity contribution is 0.797.